The molecule has 0 saturated carbocycles. The van der Waals surface area contributed by atoms with Crippen LogP contribution in [0.3, 0.4) is 0 Å². The third-order valence-electron chi connectivity index (χ3n) is 3.26. The van der Waals surface area contributed by atoms with Crippen molar-refractivity contribution in [3.8, 4) is 16.5 Å². The van der Waals surface area contributed by atoms with E-state index in [4.69, 9.17) is 0 Å². The van der Waals surface area contributed by atoms with E-state index in [1.807, 2.05) is 4.72 Å². The van der Waals surface area contributed by atoms with Gasteiger partial charge in [-0.25, -0.2) is 31.0 Å². The van der Waals surface area contributed by atoms with E-state index in [0.717, 1.165) is 0 Å². The Morgan fingerprint density at radius 2 is 2.00 bits per heavy atom. The second kappa shape index (κ2) is 7.56. The van der Waals surface area contributed by atoms with Gasteiger partial charge in [0.1, 0.15) is 16.5 Å². The minimum Gasteiger partial charge on any atom is -0.484 e. The molecule has 0 fully saturated rings. The number of alkyl halides is 2. The predicted octanol–water partition coefficient (Wildman–Crippen LogP) is 3.86. The molecule has 6 nitrogen and oxygen atoms in total. The van der Waals surface area contributed by atoms with Gasteiger partial charge in [-0.05, 0) is 6.07 Å². The molecular formula is C15H11F4N3O3S2. The summed E-state index contributed by atoms with van der Waals surface area (Å²) < 4.78 is 83.2. The Balaban J connectivity index is 1.82. The van der Waals surface area contributed by atoms with Crippen molar-refractivity contribution in [2.24, 2.45) is 0 Å². The summed E-state index contributed by atoms with van der Waals surface area (Å²) in [6.45, 7) is -1.12. The molecule has 0 amide bonds. The molecule has 0 bridgehead atoms. The summed E-state index contributed by atoms with van der Waals surface area (Å²) in [6.07, 6.45) is -0.150. The zero-order chi connectivity index (χ0) is 19.6. The number of rotatable bonds is 7. The van der Waals surface area contributed by atoms with Crippen molar-refractivity contribution in [2.45, 2.75) is 11.3 Å². The van der Waals surface area contributed by atoms with Gasteiger partial charge in [0.05, 0.1) is 11.4 Å². The van der Waals surface area contributed by atoms with Crippen LogP contribution >= 0.6 is 11.3 Å². The molecule has 0 atom stereocenters. The molecule has 0 unspecified atom stereocenters. The highest BCUT2D eigenvalue weighted by Crippen LogP contribution is 2.28. The van der Waals surface area contributed by atoms with Crippen molar-refractivity contribution in [3.05, 3.63) is 47.6 Å². The number of hydrogen-bond acceptors (Lipinski definition) is 5. The molecule has 0 radical (unpaired) electrons. The molecule has 0 saturated heterocycles. The molecule has 2 N–H and O–H groups in total. The van der Waals surface area contributed by atoms with Crippen LogP contribution in [-0.4, -0.2) is 31.4 Å². The number of H-pyrrole nitrogens is 1. The number of nitrogens with one attached hydrogen (secondary N) is 2. The van der Waals surface area contributed by atoms with Crippen molar-refractivity contribution < 1.29 is 30.7 Å². The summed E-state index contributed by atoms with van der Waals surface area (Å²) in [6, 6.07) is 2.30. The van der Waals surface area contributed by atoms with Gasteiger partial charge in [0.15, 0.2) is 17.4 Å². The van der Waals surface area contributed by atoms with Crippen LogP contribution in [0.5, 0.6) is 5.75 Å². The van der Waals surface area contributed by atoms with Crippen LogP contribution < -0.4 is 9.46 Å². The van der Waals surface area contributed by atoms with Crippen LogP contribution in [0.1, 0.15) is 0 Å². The van der Waals surface area contributed by atoms with Gasteiger partial charge in [0.25, 0.3) is 16.4 Å². The molecule has 12 heteroatoms. The average molecular weight is 421 g/mol. The number of nitrogens with zero attached hydrogens (tertiary/aromatic N) is 1. The monoisotopic (exact) mass is 421 g/mol. The van der Waals surface area contributed by atoms with Crippen molar-refractivity contribution >= 4 is 27.0 Å². The average Bonchev–Trinajstić information content (AvgIpc) is 3.27. The van der Waals surface area contributed by atoms with E-state index in [-0.39, 0.29) is 4.90 Å². The van der Waals surface area contributed by atoms with E-state index in [9.17, 15) is 26.0 Å². The highest BCUT2D eigenvalue weighted by Gasteiger charge is 2.21. The Labute approximate surface area is 154 Å². The van der Waals surface area contributed by atoms with Gasteiger partial charge in [-0.1, -0.05) is 0 Å². The molecule has 0 aliphatic rings. The molecule has 3 aromatic rings. The SMILES string of the molecule is O=S(=O)(Nc1cc(F)c(OCC(F)F)cc1F)c1c[nH]c(-c2nccs2)c1. The lowest BCUT2D eigenvalue weighted by Crippen LogP contribution is -2.14. The number of halogens is 4. The van der Waals surface area contributed by atoms with Crippen LogP contribution in [0, 0.1) is 11.6 Å². The molecule has 0 spiro atoms. The molecule has 2 heterocycles. The largest absolute Gasteiger partial charge is 0.484 e. The summed E-state index contributed by atoms with van der Waals surface area (Å²) >= 11 is 1.28. The van der Waals surface area contributed by atoms with Gasteiger partial charge in [-0.2, -0.15) is 0 Å². The first-order valence-electron chi connectivity index (χ1n) is 7.27. The van der Waals surface area contributed by atoms with Crippen LogP contribution in [0.2, 0.25) is 0 Å². The minimum atomic E-state index is -4.23. The fraction of sp³-hybridized carbons (Fsp3) is 0.133. The van der Waals surface area contributed by atoms with Gasteiger partial charge in [0.2, 0.25) is 0 Å². The smallest absolute Gasteiger partial charge is 0.272 e. The number of anilines is 1. The summed E-state index contributed by atoms with van der Waals surface area (Å²) in [7, 11) is -4.23. The van der Waals surface area contributed by atoms with E-state index in [1.165, 1.54) is 23.6 Å². The Bertz CT molecular complexity index is 1040. The van der Waals surface area contributed by atoms with E-state index >= 15 is 0 Å². The van der Waals surface area contributed by atoms with Gasteiger partial charge < -0.3 is 9.72 Å². The van der Waals surface area contributed by atoms with Crippen molar-refractivity contribution in [2.75, 3.05) is 11.3 Å². The molecule has 0 aliphatic carbocycles. The minimum absolute atomic E-state index is 0.217. The number of aromatic nitrogens is 2. The van der Waals surface area contributed by atoms with E-state index < -0.39 is 46.1 Å². The van der Waals surface area contributed by atoms with Crippen molar-refractivity contribution in [1.82, 2.24) is 9.97 Å². The zero-order valence-corrected chi connectivity index (χ0v) is 14.9. The first-order chi connectivity index (χ1) is 12.8. The fourth-order valence-corrected chi connectivity index (χ4v) is 3.75. The van der Waals surface area contributed by atoms with Gasteiger partial charge in [-0.15, -0.1) is 11.3 Å². The normalized spacial score (nSPS) is 11.7. The van der Waals surface area contributed by atoms with E-state index in [0.29, 0.717) is 22.8 Å². The summed E-state index contributed by atoms with van der Waals surface area (Å²) in [5, 5.41) is 2.26. The van der Waals surface area contributed by atoms with Crippen LogP contribution in [0.25, 0.3) is 10.7 Å². The summed E-state index contributed by atoms with van der Waals surface area (Å²) in [5.74, 6) is -3.12. The van der Waals surface area contributed by atoms with Crippen LogP contribution in [0.15, 0.2) is 40.9 Å². The van der Waals surface area contributed by atoms with Crippen molar-refractivity contribution in [3.63, 3.8) is 0 Å². The molecular weight excluding hydrogens is 410 g/mol. The maximum absolute atomic E-state index is 14.1. The Morgan fingerprint density at radius 1 is 1.22 bits per heavy atom. The third kappa shape index (κ3) is 4.39. The first-order valence-corrected chi connectivity index (χ1v) is 9.63. The summed E-state index contributed by atoms with van der Waals surface area (Å²) in [4.78, 5) is 6.54. The van der Waals surface area contributed by atoms with Crippen LogP contribution in [0.4, 0.5) is 23.2 Å². The Hall–Kier alpha value is -2.60. The molecule has 27 heavy (non-hydrogen) atoms. The highest BCUT2D eigenvalue weighted by atomic mass is 32.2. The number of aromatic amines is 1. The zero-order valence-electron chi connectivity index (χ0n) is 13.2. The van der Waals surface area contributed by atoms with Gasteiger partial charge >= 0.3 is 0 Å². The second-order valence-corrected chi connectivity index (χ2v) is 7.73. The number of ether oxygens (including phenoxy) is 1. The lowest BCUT2D eigenvalue weighted by Gasteiger charge is -2.11. The maximum Gasteiger partial charge on any atom is 0.272 e. The van der Waals surface area contributed by atoms with Gasteiger partial charge in [-0.3, -0.25) is 4.72 Å². The molecule has 3 rings (SSSR count). The van der Waals surface area contributed by atoms with Gasteiger partial charge in [0, 0.05) is 29.9 Å². The standard InChI is InChI=1S/C15H11F4N3O3S2/c16-9-5-13(25-7-14(18)19)10(17)4-11(9)22-27(23,24)8-3-12(21-6-8)15-20-1-2-26-15/h1-6,14,21-22H,7H2. The predicted molar refractivity (Wildman–Crippen MR) is 90.6 cm³/mol. The second-order valence-electron chi connectivity index (χ2n) is 5.16. The quantitative estimate of drug-likeness (QED) is 0.568. The molecule has 1 aromatic carbocycles. The van der Waals surface area contributed by atoms with Crippen molar-refractivity contribution in [1.29, 1.82) is 0 Å². The lowest BCUT2D eigenvalue weighted by atomic mass is 10.3. The number of benzene rings is 1. The lowest BCUT2D eigenvalue weighted by molar-refractivity contribution is 0.0797. The van der Waals surface area contributed by atoms with E-state index in [1.54, 1.807) is 11.6 Å². The number of thiazole rings is 1. The maximum atomic E-state index is 14.1. The number of hydrogen-bond donors (Lipinski definition) is 2. The molecule has 0 aliphatic heterocycles. The summed E-state index contributed by atoms with van der Waals surface area (Å²) in [5.41, 5.74) is -0.248. The third-order valence-corrected chi connectivity index (χ3v) is 5.41. The number of sulfonamides is 1. The van der Waals surface area contributed by atoms with Crippen LogP contribution in [-0.2, 0) is 10.0 Å². The topological polar surface area (TPSA) is 84.1 Å². The first kappa shape index (κ1) is 19.2. The fourth-order valence-electron chi connectivity index (χ4n) is 2.08. The Kier molecular flexibility index (Phi) is 5.37. The van der Waals surface area contributed by atoms with E-state index in [2.05, 4.69) is 14.7 Å². The molecule has 144 valence electrons. The Morgan fingerprint density at radius 3 is 2.67 bits per heavy atom. The highest BCUT2D eigenvalue weighted by molar-refractivity contribution is 7.92. The molecule has 2 aromatic heterocycles.